The average Bonchev–Trinajstić information content (AvgIpc) is 3.19. The smallest absolute Gasteiger partial charge is 0.225 e. The maximum absolute atomic E-state index is 12.5. The molecule has 0 saturated carbocycles. The van der Waals surface area contributed by atoms with Crippen molar-refractivity contribution in [3.8, 4) is 11.1 Å². The van der Waals surface area contributed by atoms with Gasteiger partial charge in [-0.05, 0) is 36.1 Å². The van der Waals surface area contributed by atoms with Crippen molar-refractivity contribution >= 4 is 5.91 Å². The molecular weight excluding hydrogens is 372 g/mol. The number of amides is 1. The predicted molar refractivity (Wildman–Crippen MR) is 119 cm³/mol. The Labute approximate surface area is 178 Å². The maximum Gasteiger partial charge on any atom is 0.225 e. The summed E-state index contributed by atoms with van der Waals surface area (Å²) in [5, 5.41) is 0. The van der Waals surface area contributed by atoms with Crippen LogP contribution in [0.3, 0.4) is 0 Å². The Morgan fingerprint density at radius 3 is 2.30 bits per heavy atom. The van der Waals surface area contributed by atoms with Crippen molar-refractivity contribution in [3.05, 3.63) is 83.9 Å². The second kappa shape index (κ2) is 8.76. The highest BCUT2D eigenvalue weighted by Crippen LogP contribution is 2.35. The lowest BCUT2D eigenvalue weighted by atomic mass is 9.80. The number of benzene rings is 2. The quantitative estimate of drug-likeness (QED) is 0.657. The van der Waals surface area contributed by atoms with Crippen LogP contribution in [0.15, 0.2) is 67.0 Å². The second-order valence-corrected chi connectivity index (χ2v) is 8.21. The van der Waals surface area contributed by atoms with E-state index in [1.165, 1.54) is 11.1 Å². The van der Waals surface area contributed by atoms with Gasteiger partial charge in [-0.2, -0.15) is 0 Å². The van der Waals surface area contributed by atoms with Crippen LogP contribution in [0.4, 0.5) is 0 Å². The highest BCUT2D eigenvalue weighted by Gasteiger charge is 2.43. The lowest BCUT2D eigenvalue weighted by Gasteiger charge is -2.26. The Hall–Kier alpha value is -3.05. The average molecular weight is 401 g/mol. The Morgan fingerprint density at radius 2 is 1.67 bits per heavy atom. The van der Waals surface area contributed by atoms with Crippen LogP contribution in [0.5, 0.6) is 0 Å². The third kappa shape index (κ3) is 4.41. The number of aryl methyl sites for hydroxylation is 1. The number of likely N-dealkylation sites (tertiary alicyclic amines) is 1. The van der Waals surface area contributed by atoms with Crippen molar-refractivity contribution < 1.29 is 4.79 Å². The maximum atomic E-state index is 12.5. The molecule has 2 heterocycles. The number of rotatable bonds is 7. The third-order valence-corrected chi connectivity index (χ3v) is 6.04. The van der Waals surface area contributed by atoms with Crippen molar-refractivity contribution in [2.24, 2.45) is 11.1 Å². The number of carbonyl (C=O) groups excluding carboxylic acids is 1. The van der Waals surface area contributed by atoms with Gasteiger partial charge in [-0.25, -0.2) is 9.97 Å². The molecule has 5 nitrogen and oxygen atoms in total. The molecule has 1 amide bonds. The van der Waals surface area contributed by atoms with Gasteiger partial charge in [0.1, 0.15) is 5.82 Å². The number of carbonyl (C=O) groups is 1. The third-order valence-electron chi connectivity index (χ3n) is 6.04. The summed E-state index contributed by atoms with van der Waals surface area (Å²) in [6.45, 7) is 4.30. The van der Waals surface area contributed by atoms with Gasteiger partial charge in [-0.15, -0.1) is 0 Å². The number of hydrogen-bond donors (Lipinski definition) is 1. The van der Waals surface area contributed by atoms with Gasteiger partial charge in [0.2, 0.25) is 5.91 Å². The van der Waals surface area contributed by atoms with Gasteiger partial charge >= 0.3 is 0 Å². The van der Waals surface area contributed by atoms with Gasteiger partial charge in [0.25, 0.3) is 0 Å². The number of hydrogen-bond acceptors (Lipinski definition) is 4. The molecule has 2 N–H and O–H groups in total. The first-order chi connectivity index (χ1) is 14.6. The minimum Gasteiger partial charge on any atom is -0.369 e. The highest BCUT2D eigenvalue weighted by atomic mass is 16.1. The predicted octanol–water partition coefficient (Wildman–Crippen LogP) is 3.63. The molecule has 154 valence electrons. The summed E-state index contributed by atoms with van der Waals surface area (Å²) < 4.78 is 0. The SMILES string of the molecule is CCc1ncc(CN2CC[C@@](Cc3ccc(-c4ccccc4)cc3)(C(N)=O)C2)cn1. The van der Waals surface area contributed by atoms with Crippen molar-refractivity contribution in [2.45, 2.75) is 32.7 Å². The summed E-state index contributed by atoms with van der Waals surface area (Å²) in [6.07, 6.45) is 6.05. The molecule has 1 fully saturated rings. The second-order valence-electron chi connectivity index (χ2n) is 8.21. The van der Waals surface area contributed by atoms with Crippen LogP contribution in [0.1, 0.15) is 30.3 Å². The standard InChI is InChI=1S/C25H28N4O/c1-2-23-27-15-20(16-28-23)17-29-13-12-25(18-29,24(26)30)14-19-8-10-22(11-9-19)21-6-4-3-5-7-21/h3-11,15-16H,2,12-14,17-18H2,1H3,(H2,26,30)/t25-/m0/s1. The minimum absolute atomic E-state index is 0.213. The highest BCUT2D eigenvalue weighted by molar-refractivity contribution is 5.82. The molecule has 1 saturated heterocycles. The van der Waals surface area contributed by atoms with E-state index in [0.717, 1.165) is 42.9 Å². The van der Waals surface area contributed by atoms with Gasteiger partial charge in [0.15, 0.2) is 0 Å². The first-order valence-corrected chi connectivity index (χ1v) is 10.5. The number of nitrogens with zero attached hydrogens (tertiary/aromatic N) is 3. The topological polar surface area (TPSA) is 72.1 Å². The molecule has 1 aliphatic heterocycles. The van der Waals surface area contributed by atoms with Gasteiger partial charge < -0.3 is 5.73 Å². The zero-order valence-corrected chi connectivity index (χ0v) is 17.4. The van der Waals surface area contributed by atoms with Gasteiger partial charge in [-0.3, -0.25) is 9.69 Å². The Balaban J connectivity index is 1.45. The van der Waals surface area contributed by atoms with E-state index in [9.17, 15) is 4.79 Å². The van der Waals surface area contributed by atoms with E-state index in [2.05, 4.69) is 51.3 Å². The summed E-state index contributed by atoms with van der Waals surface area (Å²) in [4.78, 5) is 23.5. The van der Waals surface area contributed by atoms with Gasteiger partial charge in [0.05, 0.1) is 5.41 Å². The summed E-state index contributed by atoms with van der Waals surface area (Å²) in [5.41, 5.74) is 9.96. The molecule has 5 heteroatoms. The summed E-state index contributed by atoms with van der Waals surface area (Å²) in [5.74, 6) is 0.639. The van der Waals surface area contributed by atoms with Crippen LogP contribution in [0.2, 0.25) is 0 Å². The number of nitrogens with two attached hydrogens (primary N) is 1. The molecule has 0 bridgehead atoms. The Morgan fingerprint density at radius 1 is 1.00 bits per heavy atom. The minimum atomic E-state index is -0.529. The fraction of sp³-hybridized carbons (Fsp3) is 0.320. The summed E-state index contributed by atoms with van der Waals surface area (Å²) in [7, 11) is 0. The van der Waals surface area contributed by atoms with Gasteiger partial charge in [-0.1, -0.05) is 61.5 Å². The normalized spacial score (nSPS) is 19.1. The van der Waals surface area contributed by atoms with E-state index in [0.29, 0.717) is 13.0 Å². The molecule has 0 radical (unpaired) electrons. The van der Waals surface area contributed by atoms with Crippen LogP contribution < -0.4 is 5.73 Å². The number of aromatic nitrogens is 2. The van der Waals surface area contributed by atoms with E-state index >= 15 is 0 Å². The van der Waals surface area contributed by atoms with Crippen LogP contribution in [-0.2, 0) is 24.2 Å². The molecule has 1 aliphatic rings. The van der Waals surface area contributed by atoms with Crippen molar-refractivity contribution in [1.82, 2.24) is 14.9 Å². The van der Waals surface area contributed by atoms with Crippen LogP contribution in [0, 0.1) is 5.41 Å². The Kier molecular flexibility index (Phi) is 5.91. The van der Waals surface area contributed by atoms with E-state index in [-0.39, 0.29) is 5.91 Å². The van der Waals surface area contributed by atoms with E-state index in [1.807, 2.05) is 37.5 Å². The zero-order chi connectivity index (χ0) is 21.0. The summed E-state index contributed by atoms with van der Waals surface area (Å²) >= 11 is 0. The molecule has 4 rings (SSSR count). The summed E-state index contributed by atoms with van der Waals surface area (Å²) in [6, 6.07) is 18.8. The van der Waals surface area contributed by atoms with Crippen molar-refractivity contribution in [3.63, 3.8) is 0 Å². The molecule has 2 aromatic carbocycles. The first-order valence-electron chi connectivity index (χ1n) is 10.5. The van der Waals surface area contributed by atoms with E-state index < -0.39 is 5.41 Å². The van der Waals surface area contributed by atoms with Crippen molar-refractivity contribution in [2.75, 3.05) is 13.1 Å². The largest absolute Gasteiger partial charge is 0.369 e. The Bertz CT molecular complexity index is 986. The molecule has 0 aliphatic carbocycles. The van der Waals surface area contributed by atoms with Crippen LogP contribution >= 0.6 is 0 Å². The molecule has 1 atom stereocenters. The fourth-order valence-corrected chi connectivity index (χ4v) is 4.27. The van der Waals surface area contributed by atoms with Crippen LogP contribution in [-0.4, -0.2) is 33.9 Å². The lowest BCUT2D eigenvalue weighted by molar-refractivity contribution is -0.127. The zero-order valence-electron chi connectivity index (χ0n) is 17.4. The van der Waals surface area contributed by atoms with Crippen molar-refractivity contribution in [1.29, 1.82) is 0 Å². The molecule has 0 unspecified atom stereocenters. The van der Waals surface area contributed by atoms with Crippen LogP contribution in [0.25, 0.3) is 11.1 Å². The first kappa shape index (κ1) is 20.2. The fourth-order valence-electron chi connectivity index (χ4n) is 4.27. The van der Waals surface area contributed by atoms with E-state index in [4.69, 9.17) is 5.73 Å². The lowest BCUT2D eigenvalue weighted by Crippen LogP contribution is -2.41. The van der Waals surface area contributed by atoms with Gasteiger partial charge in [0, 0.05) is 37.5 Å². The molecule has 30 heavy (non-hydrogen) atoms. The molecule has 1 aromatic heterocycles. The number of primary amides is 1. The molecule has 0 spiro atoms. The molecular formula is C25H28N4O. The monoisotopic (exact) mass is 400 g/mol. The molecule has 3 aromatic rings. The van der Waals surface area contributed by atoms with E-state index in [1.54, 1.807) is 0 Å².